The van der Waals surface area contributed by atoms with Gasteiger partial charge in [-0.2, -0.15) is 0 Å². The second-order valence-electron chi connectivity index (χ2n) is 2.10. The smallest absolute Gasteiger partial charge is 0.358 e. The summed E-state index contributed by atoms with van der Waals surface area (Å²) in [6, 6.07) is 0. The van der Waals surface area contributed by atoms with Crippen LogP contribution < -0.4 is 0 Å². The van der Waals surface area contributed by atoms with Gasteiger partial charge in [0.1, 0.15) is 6.21 Å². The summed E-state index contributed by atoms with van der Waals surface area (Å²) < 4.78 is 0. The molecule has 0 N–H and O–H groups in total. The molecule has 0 bridgehead atoms. The third-order valence-corrected chi connectivity index (χ3v) is 1.34. The summed E-state index contributed by atoms with van der Waals surface area (Å²) >= 11 is 0. The lowest BCUT2D eigenvalue weighted by Gasteiger charge is -1.95. The lowest BCUT2D eigenvalue weighted by Crippen LogP contribution is -1.98. The van der Waals surface area contributed by atoms with Crippen molar-refractivity contribution in [1.82, 2.24) is 0 Å². The Morgan fingerprint density at radius 1 is 1.73 bits per heavy atom. The second kappa shape index (κ2) is 4.60. The maximum Gasteiger partial charge on any atom is 0.361 e. The lowest BCUT2D eigenvalue weighted by atomic mass is 10.2. The fraction of sp³-hybridized carbons (Fsp3) is 0.571. The quantitative estimate of drug-likeness (QED) is 0.356. The van der Waals surface area contributed by atoms with Gasteiger partial charge >= 0.3 is 5.82 Å². The Balaban J connectivity index is 4.72. The van der Waals surface area contributed by atoms with Crippen molar-refractivity contribution in [2.24, 2.45) is 4.99 Å². The number of nitrogens with zero attached hydrogens (tertiary/aromatic N) is 2. The summed E-state index contributed by atoms with van der Waals surface area (Å²) in [5.41, 5.74) is 0.702. The maximum atomic E-state index is 10.3. The molecular weight excluding hydrogens is 144 g/mol. The first-order valence-corrected chi connectivity index (χ1v) is 3.46. The molecular formula is C7H12N2O2. The van der Waals surface area contributed by atoms with Gasteiger partial charge < -0.3 is 10.1 Å². The SMILES string of the molecule is CC=N/C(=C(\C)CC)[N+](=O)[O-]. The van der Waals surface area contributed by atoms with Crippen LogP contribution in [0.2, 0.25) is 0 Å². The number of hydrogen-bond acceptors (Lipinski definition) is 3. The van der Waals surface area contributed by atoms with Crippen LogP contribution in [0.15, 0.2) is 16.4 Å². The van der Waals surface area contributed by atoms with Gasteiger partial charge in [-0.1, -0.05) is 11.9 Å². The summed E-state index contributed by atoms with van der Waals surface area (Å²) in [5, 5.41) is 10.3. The van der Waals surface area contributed by atoms with Crippen LogP contribution in [0.4, 0.5) is 0 Å². The van der Waals surface area contributed by atoms with Crippen molar-refractivity contribution in [2.45, 2.75) is 27.2 Å². The van der Waals surface area contributed by atoms with E-state index in [-0.39, 0.29) is 5.82 Å². The average molecular weight is 156 g/mol. The van der Waals surface area contributed by atoms with E-state index in [0.29, 0.717) is 12.0 Å². The molecule has 0 aromatic heterocycles. The van der Waals surface area contributed by atoms with Gasteiger partial charge in [0, 0.05) is 5.57 Å². The van der Waals surface area contributed by atoms with Crippen LogP contribution in [-0.2, 0) is 0 Å². The Hall–Kier alpha value is -1.19. The minimum absolute atomic E-state index is 0.0324. The number of nitro groups is 1. The minimum atomic E-state index is -0.459. The number of aliphatic imine (C=N–C) groups is 1. The highest BCUT2D eigenvalue weighted by Crippen LogP contribution is 2.08. The highest BCUT2D eigenvalue weighted by molar-refractivity contribution is 5.54. The molecule has 0 saturated heterocycles. The molecule has 4 heteroatoms. The standard InChI is InChI=1S/C7H12N2O2/c1-4-6(3)7(8-5-2)9(10)11/h5H,4H2,1-3H3/b7-6-,8-5?. The van der Waals surface area contributed by atoms with Crippen molar-refractivity contribution in [1.29, 1.82) is 0 Å². The van der Waals surface area contributed by atoms with E-state index in [1.54, 1.807) is 13.8 Å². The first-order chi connectivity index (χ1) is 5.13. The van der Waals surface area contributed by atoms with Crippen LogP contribution >= 0.6 is 0 Å². The predicted molar refractivity (Wildman–Crippen MR) is 44.2 cm³/mol. The molecule has 0 aliphatic heterocycles. The third-order valence-electron chi connectivity index (χ3n) is 1.34. The Bertz CT molecular complexity index is 206. The minimum Gasteiger partial charge on any atom is -0.358 e. The summed E-state index contributed by atoms with van der Waals surface area (Å²) in [7, 11) is 0. The van der Waals surface area contributed by atoms with Crippen molar-refractivity contribution >= 4 is 6.21 Å². The monoisotopic (exact) mass is 156 g/mol. The van der Waals surface area contributed by atoms with Gasteiger partial charge in [0.2, 0.25) is 0 Å². The molecule has 0 radical (unpaired) electrons. The summed E-state index contributed by atoms with van der Waals surface area (Å²) in [4.78, 5) is 13.5. The first kappa shape index (κ1) is 9.81. The molecule has 0 spiro atoms. The molecule has 0 aliphatic carbocycles. The molecule has 62 valence electrons. The molecule has 11 heavy (non-hydrogen) atoms. The molecule has 4 nitrogen and oxygen atoms in total. The molecule has 0 aromatic rings. The molecule has 0 saturated carbocycles. The van der Waals surface area contributed by atoms with Crippen molar-refractivity contribution < 1.29 is 4.92 Å². The normalized spacial score (nSPS) is 13.4. The van der Waals surface area contributed by atoms with E-state index in [1.807, 2.05) is 6.92 Å². The highest BCUT2D eigenvalue weighted by Gasteiger charge is 2.09. The van der Waals surface area contributed by atoms with Crippen molar-refractivity contribution in [3.63, 3.8) is 0 Å². The van der Waals surface area contributed by atoms with E-state index in [4.69, 9.17) is 0 Å². The van der Waals surface area contributed by atoms with Gasteiger partial charge in [-0.15, -0.1) is 0 Å². The van der Waals surface area contributed by atoms with Gasteiger partial charge in [0.05, 0.1) is 0 Å². The van der Waals surface area contributed by atoms with Crippen molar-refractivity contribution in [3.8, 4) is 0 Å². The lowest BCUT2D eigenvalue weighted by molar-refractivity contribution is -0.427. The predicted octanol–water partition coefficient (Wildman–Crippen LogP) is 2.00. The Kier molecular flexibility index (Phi) is 4.10. The largest absolute Gasteiger partial charge is 0.361 e. The molecule has 0 aliphatic rings. The van der Waals surface area contributed by atoms with Gasteiger partial charge in [0.25, 0.3) is 0 Å². The fourth-order valence-electron chi connectivity index (χ4n) is 0.594. The molecule has 0 rings (SSSR count). The van der Waals surface area contributed by atoms with Gasteiger partial charge in [0.15, 0.2) is 0 Å². The van der Waals surface area contributed by atoms with E-state index in [9.17, 15) is 10.1 Å². The summed E-state index contributed by atoms with van der Waals surface area (Å²) in [6.45, 7) is 5.24. The average Bonchev–Trinajstić information content (AvgIpc) is 1.98. The van der Waals surface area contributed by atoms with Gasteiger partial charge in [-0.3, -0.25) is 0 Å². The van der Waals surface area contributed by atoms with E-state index in [0.717, 1.165) is 0 Å². The van der Waals surface area contributed by atoms with Gasteiger partial charge in [-0.05, 0) is 25.2 Å². The van der Waals surface area contributed by atoms with Crippen LogP contribution in [0.5, 0.6) is 0 Å². The zero-order valence-corrected chi connectivity index (χ0v) is 7.00. The van der Waals surface area contributed by atoms with Crippen LogP contribution in [0.1, 0.15) is 27.2 Å². The van der Waals surface area contributed by atoms with E-state index in [2.05, 4.69) is 4.99 Å². The Morgan fingerprint density at radius 3 is 2.55 bits per heavy atom. The van der Waals surface area contributed by atoms with Crippen LogP contribution in [-0.4, -0.2) is 11.1 Å². The summed E-state index contributed by atoms with van der Waals surface area (Å²) in [5.74, 6) is -0.0324. The summed E-state index contributed by atoms with van der Waals surface area (Å²) in [6.07, 6.45) is 2.09. The fourth-order valence-corrected chi connectivity index (χ4v) is 0.594. The Morgan fingerprint density at radius 2 is 2.27 bits per heavy atom. The number of rotatable bonds is 3. The Labute approximate surface area is 65.8 Å². The molecule has 0 heterocycles. The molecule has 0 atom stereocenters. The number of allylic oxidation sites excluding steroid dienone is 1. The molecule has 0 aromatic carbocycles. The van der Waals surface area contributed by atoms with E-state index >= 15 is 0 Å². The van der Waals surface area contributed by atoms with Crippen molar-refractivity contribution in [3.05, 3.63) is 21.5 Å². The van der Waals surface area contributed by atoms with E-state index in [1.165, 1.54) is 6.21 Å². The zero-order valence-electron chi connectivity index (χ0n) is 7.00. The molecule has 0 fully saturated rings. The molecule has 0 unspecified atom stereocenters. The van der Waals surface area contributed by atoms with Crippen LogP contribution in [0.3, 0.4) is 0 Å². The first-order valence-electron chi connectivity index (χ1n) is 3.46. The molecule has 0 amide bonds. The van der Waals surface area contributed by atoms with Gasteiger partial charge in [-0.25, -0.2) is 0 Å². The van der Waals surface area contributed by atoms with Crippen LogP contribution in [0.25, 0.3) is 0 Å². The van der Waals surface area contributed by atoms with Crippen molar-refractivity contribution in [2.75, 3.05) is 0 Å². The maximum absolute atomic E-state index is 10.3. The number of hydrogen-bond donors (Lipinski definition) is 0. The zero-order chi connectivity index (χ0) is 8.85. The third kappa shape index (κ3) is 2.93. The van der Waals surface area contributed by atoms with E-state index < -0.39 is 4.92 Å². The highest BCUT2D eigenvalue weighted by atomic mass is 16.6. The topological polar surface area (TPSA) is 55.5 Å². The van der Waals surface area contributed by atoms with Crippen LogP contribution in [0, 0.1) is 10.1 Å². The second-order valence-corrected chi connectivity index (χ2v) is 2.10.